The third-order valence-electron chi connectivity index (χ3n) is 3.85. The molecule has 0 saturated carbocycles. The number of pyridine rings is 1. The van der Waals surface area contributed by atoms with Crippen molar-refractivity contribution in [3.8, 4) is 0 Å². The summed E-state index contributed by atoms with van der Waals surface area (Å²) in [6.07, 6.45) is 4.18. The predicted octanol–water partition coefficient (Wildman–Crippen LogP) is 0.702. The topological polar surface area (TPSA) is 78.0 Å². The summed E-state index contributed by atoms with van der Waals surface area (Å²) in [5.74, 6) is 0.0481. The van der Waals surface area contributed by atoms with E-state index in [0.717, 1.165) is 18.7 Å². The smallest absolute Gasteiger partial charge is 0.188 e. The zero-order chi connectivity index (χ0) is 14.5. The minimum absolute atomic E-state index is 0.0481. The molecule has 0 amide bonds. The average molecular weight is 277 g/mol. The Hall–Kier alpha value is -1.66. The normalized spacial score (nSPS) is 21.4. The van der Waals surface area contributed by atoms with Crippen molar-refractivity contribution >= 4 is 5.84 Å². The summed E-state index contributed by atoms with van der Waals surface area (Å²) in [6.45, 7) is 3.13. The molecule has 0 radical (unpaired) electrons. The average Bonchev–Trinajstić information content (AvgIpc) is 2.46. The highest BCUT2D eigenvalue weighted by Gasteiger charge is 2.21. The lowest BCUT2D eigenvalue weighted by Crippen LogP contribution is -2.44. The van der Waals surface area contributed by atoms with Crippen LogP contribution in [-0.2, 0) is 6.54 Å². The number of oxime groups is 1. The van der Waals surface area contributed by atoms with Crippen LogP contribution >= 0.6 is 0 Å². The van der Waals surface area contributed by atoms with Crippen LogP contribution in [0, 0.1) is 0 Å². The van der Waals surface area contributed by atoms with Gasteiger partial charge in [0.2, 0.25) is 0 Å². The monoisotopic (exact) mass is 277 g/mol. The van der Waals surface area contributed by atoms with Crippen molar-refractivity contribution in [3.05, 3.63) is 29.6 Å². The van der Waals surface area contributed by atoms with Gasteiger partial charge in [-0.1, -0.05) is 5.16 Å². The standard InChI is InChI=1S/C14H23N5O/c1-18-7-3-4-12(10-18)19(2)9-11-5-6-16-13(8-11)14(15)17-20/h5-6,8,12,20H,3-4,7,9-10H2,1-2H3,(H2,15,17). The lowest BCUT2D eigenvalue weighted by atomic mass is 10.0. The Kier molecular flexibility index (Phi) is 4.92. The van der Waals surface area contributed by atoms with Gasteiger partial charge in [-0.05, 0) is 51.2 Å². The van der Waals surface area contributed by atoms with E-state index in [0.29, 0.717) is 11.7 Å². The van der Waals surface area contributed by atoms with Crippen molar-refractivity contribution in [2.24, 2.45) is 10.9 Å². The van der Waals surface area contributed by atoms with Crippen LogP contribution in [0.1, 0.15) is 24.1 Å². The second-order valence-corrected chi connectivity index (χ2v) is 5.51. The molecule has 2 rings (SSSR count). The minimum atomic E-state index is 0.0481. The van der Waals surface area contributed by atoms with Gasteiger partial charge in [0.1, 0.15) is 5.69 Å². The van der Waals surface area contributed by atoms with E-state index < -0.39 is 0 Å². The number of nitrogens with zero attached hydrogens (tertiary/aromatic N) is 4. The Morgan fingerprint density at radius 3 is 3.15 bits per heavy atom. The van der Waals surface area contributed by atoms with Gasteiger partial charge in [0.25, 0.3) is 0 Å². The molecule has 6 heteroatoms. The number of rotatable bonds is 4. The van der Waals surface area contributed by atoms with Crippen molar-refractivity contribution in [2.75, 3.05) is 27.2 Å². The van der Waals surface area contributed by atoms with Gasteiger partial charge in [0.05, 0.1) is 0 Å². The second-order valence-electron chi connectivity index (χ2n) is 5.51. The third kappa shape index (κ3) is 3.68. The van der Waals surface area contributed by atoms with Crippen LogP contribution in [0.4, 0.5) is 0 Å². The van der Waals surface area contributed by atoms with E-state index in [1.165, 1.54) is 19.4 Å². The fraction of sp³-hybridized carbons (Fsp3) is 0.571. The number of hydrogen-bond acceptors (Lipinski definition) is 5. The molecule has 3 N–H and O–H groups in total. The highest BCUT2D eigenvalue weighted by atomic mass is 16.4. The number of aromatic nitrogens is 1. The number of amidine groups is 1. The van der Waals surface area contributed by atoms with Crippen molar-refractivity contribution in [1.82, 2.24) is 14.8 Å². The van der Waals surface area contributed by atoms with Gasteiger partial charge < -0.3 is 15.8 Å². The molecular formula is C14H23N5O. The summed E-state index contributed by atoms with van der Waals surface area (Å²) in [4.78, 5) is 8.84. The van der Waals surface area contributed by atoms with Gasteiger partial charge in [-0.25, -0.2) is 0 Å². The number of piperidine rings is 1. The molecule has 0 aliphatic carbocycles. The van der Waals surface area contributed by atoms with Crippen LogP contribution in [-0.4, -0.2) is 59.1 Å². The maximum absolute atomic E-state index is 8.70. The van der Waals surface area contributed by atoms with Crippen molar-refractivity contribution in [1.29, 1.82) is 0 Å². The first-order valence-electron chi connectivity index (χ1n) is 6.91. The molecule has 1 aliphatic rings. The molecule has 0 aromatic carbocycles. The van der Waals surface area contributed by atoms with Crippen molar-refractivity contribution in [2.45, 2.75) is 25.4 Å². The first-order valence-corrected chi connectivity index (χ1v) is 6.91. The summed E-state index contributed by atoms with van der Waals surface area (Å²) in [5.41, 5.74) is 7.21. The van der Waals surface area contributed by atoms with Gasteiger partial charge >= 0.3 is 0 Å². The van der Waals surface area contributed by atoms with Gasteiger partial charge in [-0.3, -0.25) is 9.88 Å². The molecule has 110 valence electrons. The summed E-state index contributed by atoms with van der Waals surface area (Å²) in [5, 5.41) is 11.7. The quantitative estimate of drug-likeness (QED) is 0.367. The van der Waals surface area contributed by atoms with Crippen LogP contribution in [0.15, 0.2) is 23.5 Å². The van der Waals surface area contributed by atoms with Crippen LogP contribution in [0.5, 0.6) is 0 Å². The number of nitrogens with two attached hydrogens (primary N) is 1. The Bertz CT molecular complexity index is 476. The third-order valence-corrected chi connectivity index (χ3v) is 3.85. The molecule has 1 saturated heterocycles. The van der Waals surface area contributed by atoms with Gasteiger partial charge in [0, 0.05) is 25.3 Å². The lowest BCUT2D eigenvalue weighted by molar-refractivity contribution is 0.129. The summed E-state index contributed by atoms with van der Waals surface area (Å²) >= 11 is 0. The first kappa shape index (κ1) is 14.7. The maximum atomic E-state index is 8.70. The molecule has 1 atom stereocenters. The van der Waals surface area contributed by atoms with E-state index in [1.54, 1.807) is 6.20 Å². The SMILES string of the molecule is CN1CCCC(N(C)Cc2ccnc(C(N)=NO)c2)C1. The maximum Gasteiger partial charge on any atom is 0.188 e. The molecule has 1 aliphatic heterocycles. The Morgan fingerprint density at radius 1 is 1.65 bits per heavy atom. The number of hydrogen-bond donors (Lipinski definition) is 2. The zero-order valence-electron chi connectivity index (χ0n) is 12.2. The van der Waals surface area contributed by atoms with Crippen LogP contribution in [0.2, 0.25) is 0 Å². The van der Waals surface area contributed by atoms with Crippen molar-refractivity contribution in [3.63, 3.8) is 0 Å². The van der Waals surface area contributed by atoms with Gasteiger partial charge in [-0.2, -0.15) is 0 Å². The predicted molar refractivity (Wildman–Crippen MR) is 78.7 cm³/mol. The fourth-order valence-electron chi connectivity index (χ4n) is 2.68. The Morgan fingerprint density at radius 2 is 2.45 bits per heavy atom. The van der Waals surface area contributed by atoms with Crippen LogP contribution < -0.4 is 5.73 Å². The fourth-order valence-corrected chi connectivity index (χ4v) is 2.68. The number of likely N-dealkylation sites (N-methyl/N-ethyl adjacent to an activating group) is 2. The van der Waals surface area contributed by atoms with Crippen LogP contribution in [0.3, 0.4) is 0 Å². The largest absolute Gasteiger partial charge is 0.409 e. The van der Waals surface area contributed by atoms with Gasteiger partial charge in [-0.15, -0.1) is 0 Å². The number of likely N-dealkylation sites (tertiary alicyclic amines) is 1. The molecule has 1 unspecified atom stereocenters. The van der Waals surface area contributed by atoms with Crippen LogP contribution in [0.25, 0.3) is 0 Å². The molecule has 2 heterocycles. The highest BCUT2D eigenvalue weighted by molar-refractivity contribution is 5.95. The molecule has 20 heavy (non-hydrogen) atoms. The van der Waals surface area contributed by atoms with E-state index in [1.807, 2.05) is 12.1 Å². The zero-order valence-corrected chi connectivity index (χ0v) is 12.2. The van der Waals surface area contributed by atoms with E-state index >= 15 is 0 Å². The highest BCUT2D eigenvalue weighted by Crippen LogP contribution is 2.16. The molecule has 1 aromatic heterocycles. The second kappa shape index (κ2) is 6.67. The summed E-state index contributed by atoms with van der Waals surface area (Å²) < 4.78 is 0. The Balaban J connectivity index is 2.02. The van der Waals surface area contributed by atoms with Crippen molar-refractivity contribution < 1.29 is 5.21 Å². The van der Waals surface area contributed by atoms with E-state index in [4.69, 9.17) is 10.9 Å². The van der Waals surface area contributed by atoms with E-state index in [-0.39, 0.29) is 5.84 Å². The molecular weight excluding hydrogens is 254 g/mol. The minimum Gasteiger partial charge on any atom is -0.409 e. The molecule has 0 spiro atoms. The molecule has 1 aromatic rings. The lowest BCUT2D eigenvalue weighted by Gasteiger charge is -2.35. The van der Waals surface area contributed by atoms with Gasteiger partial charge in [0.15, 0.2) is 5.84 Å². The summed E-state index contributed by atoms with van der Waals surface area (Å²) in [6, 6.07) is 4.42. The summed E-state index contributed by atoms with van der Waals surface area (Å²) in [7, 11) is 4.32. The molecule has 1 fully saturated rings. The Labute approximate surface area is 119 Å². The van der Waals surface area contributed by atoms with E-state index in [9.17, 15) is 0 Å². The molecule has 6 nitrogen and oxygen atoms in total. The first-order chi connectivity index (χ1) is 9.60. The van der Waals surface area contributed by atoms with E-state index in [2.05, 4.69) is 34.0 Å². The molecule has 0 bridgehead atoms.